The third kappa shape index (κ3) is 3.59. The molecule has 3 aliphatic rings. The smallest absolute Gasteiger partial charge is 0.326 e. The molecule has 3 saturated carbocycles. The largest absolute Gasteiger partial charge is 0.465 e. The molecule has 0 bridgehead atoms. The van der Waals surface area contributed by atoms with Gasteiger partial charge in [0.25, 0.3) is 0 Å². The van der Waals surface area contributed by atoms with Crippen molar-refractivity contribution in [3.05, 3.63) is 0 Å². The van der Waals surface area contributed by atoms with Gasteiger partial charge in [0, 0.05) is 18.6 Å². The van der Waals surface area contributed by atoms with Gasteiger partial charge in [-0.2, -0.15) is 0 Å². The van der Waals surface area contributed by atoms with Gasteiger partial charge in [-0.25, -0.2) is 0 Å². The van der Waals surface area contributed by atoms with Crippen LogP contribution in [0.25, 0.3) is 0 Å². The van der Waals surface area contributed by atoms with Crippen LogP contribution in [0.15, 0.2) is 0 Å². The van der Waals surface area contributed by atoms with E-state index < -0.39 is 5.54 Å². The van der Waals surface area contributed by atoms with Crippen LogP contribution in [0.1, 0.15) is 58.8 Å². The summed E-state index contributed by atoms with van der Waals surface area (Å²) in [5.41, 5.74) is -0.404. The number of carbonyl (C=O) groups excluding carboxylic acids is 1. The normalized spacial score (nSPS) is 32.6. The summed E-state index contributed by atoms with van der Waals surface area (Å²) in [7, 11) is 0. The maximum Gasteiger partial charge on any atom is 0.326 e. The molecule has 120 valence electrons. The molecule has 3 aliphatic carbocycles. The van der Waals surface area contributed by atoms with Crippen molar-refractivity contribution in [1.82, 2.24) is 10.2 Å². The first-order valence-corrected chi connectivity index (χ1v) is 8.86. The van der Waals surface area contributed by atoms with Crippen LogP contribution in [0.2, 0.25) is 0 Å². The molecular weight excluding hydrogens is 264 g/mol. The molecule has 21 heavy (non-hydrogen) atoms. The Morgan fingerprint density at radius 3 is 2.57 bits per heavy atom. The Kier molecular flexibility index (Phi) is 4.55. The third-order valence-electron chi connectivity index (χ3n) is 5.32. The van der Waals surface area contributed by atoms with Crippen molar-refractivity contribution in [3.8, 4) is 0 Å². The molecule has 0 heterocycles. The Morgan fingerprint density at radius 2 is 2.00 bits per heavy atom. The molecule has 0 radical (unpaired) electrons. The van der Waals surface area contributed by atoms with E-state index in [-0.39, 0.29) is 5.97 Å². The zero-order chi connectivity index (χ0) is 14.9. The lowest BCUT2D eigenvalue weighted by molar-refractivity contribution is -0.151. The van der Waals surface area contributed by atoms with Crippen molar-refractivity contribution in [1.29, 1.82) is 0 Å². The van der Waals surface area contributed by atoms with Crippen LogP contribution in [0.3, 0.4) is 0 Å². The highest BCUT2D eigenvalue weighted by Crippen LogP contribution is 2.39. The Balaban J connectivity index is 1.65. The number of nitrogens with one attached hydrogen (secondary N) is 1. The first-order valence-electron chi connectivity index (χ1n) is 8.86. The topological polar surface area (TPSA) is 41.6 Å². The standard InChI is InChI=1S/C17H30N2O2/c1-3-19(12-13-5-6-13)15-9-10-17(11-15,16(20)21-4-2)18-14-7-8-14/h13-15,18H,3-12H2,1-2H3. The molecule has 0 aliphatic heterocycles. The van der Waals surface area contributed by atoms with Gasteiger partial charge in [-0.05, 0) is 64.3 Å². The fraction of sp³-hybridized carbons (Fsp3) is 0.941. The minimum atomic E-state index is -0.404. The van der Waals surface area contributed by atoms with E-state index in [4.69, 9.17) is 4.74 Å². The van der Waals surface area contributed by atoms with E-state index in [1.54, 1.807) is 0 Å². The molecule has 0 saturated heterocycles. The summed E-state index contributed by atoms with van der Waals surface area (Å²) in [5, 5.41) is 3.63. The second-order valence-corrected chi connectivity index (χ2v) is 7.15. The SMILES string of the molecule is CCOC(=O)C1(NC2CC2)CCC(N(CC)CC2CC2)C1. The molecule has 2 unspecified atom stereocenters. The number of hydrogen-bond donors (Lipinski definition) is 1. The molecule has 4 nitrogen and oxygen atoms in total. The molecule has 0 aromatic rings. The van der Waals surface area contributed by atoms with Crippen molar-refractivity contribution in [3.63, 3.8) is 0 Å². The van der Waals surface area contributed by atoms with Crippen LogP contribution in [-0.4, -0.2) is 48.2 Å². The van der Waals surface area contributed by atoms with Crippen LogP contribution in [-0.2, 0) is 9.53 Å². The quantitative estimate of drug-likeness (QED) is 0.698. The van der Waals surface area contributed by atoms with Gasteiger partial charge in [0.2, 0.25) is 0 Å². The van der Waals surface area contributed by atoms with Gasteiger partial charge in [-0.1, -0.05) is 6.92 Å². The van der Waals surface area contributed by atoms with Crippen molar-refractivity contribution >= 4 is 5.97 Å². The van der Waals surface area contributed by atoms with E-state index in [2.05, 4.69) is 17.1 Å². The third-order valence-corrected chi connectivity index (χ3v) is 5.32. The van der Waals surface area contributed by atoms with E-state index in [9.17, 15) is 4.79 Å². The molecule has 2 atom stereocenters. The predicted molar refractivity (Wildman–Crippen MR) is 83.1 cm³/mol. The Hall–Kier alpha value is -0.610. The summed E-state index contributed by atoms with van der Waals surface area (Å²) in [4.78, 5) is 15.1. The second-order valence-electron chi connectivity index (χ2n) is 7.15. The molecule has 4 heteroatoms. The van der Waals surface area contributed by atoms with E-state index in [1.807, 2.05) is 6.92 Å². The van der Waals surface area contributed by atoms with Crippen LogP contribution < -0.4 is 5.32 Å². The number of ether oxygens (including phenoxy) is 1. The van der Waals surface area contributed by atoms with Gasteiger partial charge in [0.05, 0.1) is 6.61 Å². The number of hydrogen-bond acceptors (Lipinski definition) is 4. The van der Waals surface area contributed by atoms with Crippen LogP contribution in [0, 0.1) is 5.92 Å². The summed E-state index contributed by atoms with van der Waals surface area (Å²) in [6, 6.07) is 1.10. The highest BCUT2D eigenvalue weighted by molar-refractivity contribution is 5.81. The van der Waals surface area contributed by atoms with E-state index >= 15 is 0 Å². The number of rotatable bonds is 8. The van der Waals surface area contributed by atoms with Crippen LogP contribution in [0.5, 0.6) is 0 Å². The molecule has 0 spiro atoms. The summed E-state index contributed by atoms with van der Waals surface area (Å²) < 4.78 is 5.39. The van der Waals surface area contributed by atoms with Gasteiger partial charge in [0.15, 0.2) is 0 Å². The van der Waals surface area contributed by atoms with Crippen LogP contribution in [0.4, 0.5) is 0 Å². The summed E-state index contributed by atoms with van der Waals surface area (Å²) in [6.07, 6.45) is 8.21. The molecule has 3 fully saturated rings. The highest BCUT2D eigenvalue weighted by Gasteiger charge is 2.50. The lowest BCUT2D eigenvalue weighted by Gasteiger charge is -2.31. The molecule has 0 aromatic heterocycles. The highest BCUT2D eigenvalue weighted by atomic mass is 16.5. The average molecular weight is 294 g/mol. The van der Waals surface area contributed by atoms with Gasteiger partial charge in [-0.15, -0.1) is 0 Å². The fourth-order valence-corrected chi connectivity index (χ4v) is 3.76. The number of nitrogens with zero attached hydrogens (tertiary/aromatic N) is 1. The Labute approximate surface area is 128 Å². The second kappa shape index (κ2) is 6.25. The molecular formula is C17H30N2O2. The molecule has 0 amide bonds. The van der Waals surface area contributed by atoms with Crippen molar-refractivity contribution in [2.75, 3.05) is 19.7 Å². The lowest BCUT2D eigenvalue weighted by atomic mass is 9.96. The monoisotopic (exact) mass is 294 g/mol. The van der Waals surface area contributed by atoms with Crippen molar-refractivity contribution < 1.29 is 9.53 Å². The maximum absolute atomic E-state index is 12.5. The molecule has 3 rings (SSSR count). The summed E-state index contributed by atoms with van der Waals surface area (Å²) in [5.74, 6) is 0.904. The molecule has 1 N–H and O–H groups in total. The number of esters is 1. The van der Waals surface area contributed by atoms with Crippen molar-refractivity contribution in [2.24, 2.45) is 5.92 Å². The summed E-state index contributed by atoms with van der Waals surface area (Å²) in [6.45, 7) is 6.96. The van der Waals surface area contributed by atoms with E-state index in [0.29, 0.717) is 18.7 Å². The van der Waals surface area contributed by atoms with Gasteiger partial charge in [0.1, 0.15) is 5.54 Å². The maximum atomic E-state index is 12.5. The van der Waals surface area contributed by atoms with Gasteiger partial charge < -0.3 is 9.64 Å². The first kappa shape index (κ1) is 15.3. The molecule has 0 aromatic carbocycles. The minimum absolute atomic E-state index is 0.0122. The van der Waals surface area contributed by atoms with Gasteiger partial charge >= 0.3 is 5.97 Å². The number of carbonyl (C=O) groups is 1. The zero-order valence-electron chi connectivity index (χ0n) is 13.6. The Bertz CT molecular complexity index is 379. The zero-order valence-corrected chi connectivity index (χ0v) is 13.6. The average Bonchev–Trinajstić information content (AvgIpc) is 3.38. The van der Waals surface area contributed by atoms with Gasteiger partial charge in [-0.3, -0.25) is 10.1 Å². The van der Waals surface area contributed by atoms with E-state index in [0.717, 1.165) is 31.7 Å². The lowest BCUT2D eigenvalue weighted by Crippen LogP contribution is -2.53. The van der Waals surface area contributed by atoms with E-state index in [1.165, 1.54) is 32.2 Å². The first-order chi connectivity index (χ1) is 10.2. The Morgan fingerprint density at radius 1 is 1.24 bits per heavy atom. The predicted octanol–water partition coefficient (Wildman–Crippen LogP) is 2.32. The van der Waals surface area contributed by atoms with Crippen molar-refractivity contribution in [2.45, 2.75) is 76.4 Å². The van der Waals surface area contributed by atoms with Crippen LogP contribution >= 0.6 is 0 Å². The fourth-order valence-electron chi connectivity index (χ4n) is 3.76. The minimum Gasteiger partial charge on any atom is -0.465 e. The summed E-state index contributed by atoms with van der Waals surface area (Å²) >= 11 is 0.